The molecule has 0 atom stereocenters. The van der Waals surface area contributed by atoms with Crippen molar-refractivity contribution < 1.29 is 4.79 Å². The van der Waals surface area contributed by atoms with Gasteiger partial charge in [-0.25, -0.2) is 4.98 Å². The van der Waals surface area contributed by atoms with E-state index in [-0.39, 0.29) is 5.91 Å². The first-order valence-corrected chi connectivity index (χ1v) is 10.3. The van der Waals surface area contributed by atoms with Gasteiger partial charge < -0.3 is 16.0 Å². The van der Waals surface area contributed by atoms with Crippen LogP contribution in [-0.4, -0.2) is 33.9 Å². The van der Waals surface area contributed by atoms with Crippen molar-refractivity contribution in [3.05, 3.63) is 58.7 Å². The lowest BCUT2D eigenvalue weighted by molar-refractivity contribution is 0.0957. The molecule has 1 aliphatic rings. The van der Waals surface area contributed by atoms with Gasteiger partial charge in [0.15, 0.2) is 0 Å². The van der Waals surface area contributed by atoms with E-state index in [1.54, 1.807) is 12.4 Å². The second-order valence-electron chi connectivity index (χ2n) is 6.65. The molecule has 0 spiro atoms. The molecule has 7 nitrogen and oxygen atoms in total. The fraction of sp³-hybridized carbons (Fsp3) is 0.300. The van der Waals surface area contributed by atoms with Gasteiger partial charge in [0.1, 0.15) is 5.82 Å². The van der Waals surface area contributed by atoms with Crippen molar-refractivity contribution >= 4 is 34.7 Å². The number of pyridine rings is 1. The maximum Gasteiger partial charge on any atom is 0.261 e. The molecule has 0 radical (unpaired) electrons. The highest BCUT2D eigenvalue weighted by molar-refractivity contribution is 7.12. The van der Waals surface area contributed by atoms with Gasteiger partial charge in [0.25, 0.3) is 5.91 Å². The Balaban J connectivity index is 1.32. The second kappa shape index (κ2) is 8.79. The predicted molar refractivity (Wildman–Crippen MR) is 111 cm³/mol. The highest BCUT2D eigenvalue weighted by Gasteiger charge is 2.27. The Hall–Kier alpha value is -3.00. The minimum absolute atomic E-state index is 0.0151. The lowest BCUT2D eigenvalue weighted by Gasteiger charge is -2.13. The molecule has 3 heterocycles. The van der Waals surface area contributed by atoms with Gasteiger partial charge in [-0.2, -0.15) is 4.98 Å². The molecule has 1 fully saturated rings. The number of nitrogens with zero attached hydrogens (tertiary/aromatic N) is 3. The average Bonchev–Trinajstić information content (AvgIpc) is 3.41. The molecule has 0 saturated heterocycles. The number of thiophene rings is 1. The van der Waals surface area contributed by atoms with Crippen LogP contribution in [0.5, 0.6) is 0 Å². The van der Waals surface area contributed by atoms with Crippen LogP contribution in [-0.2, 0) is 0 Å². The summed E-state index contributed by atoms with van der Waals surface area (Å²) in [7, 11) is 0. The fourth-order valence-electron chi connectivity index (χ4n) is 2.84. The maximum atomic E-state index is 12.0. The van der Waals surface area contributed by atoms with Crippen molar-refractivity contribution in [2.24, 2.45) is 0 Å². The number of rotatable bonds is 9. The van der Waals surface area contributed by atoms with Gasteiger partial charge in [-0.1, -0.05) is 6.07 Å². The van der Waals surface area contributed by atoms with Crippen LogP contribution >= 0.6 is 11.3 Å². The zero-order valence-electron chi connectivity index (χ0n) is 15.4. The maximum absolute atomic E-state index is 12.0. The predicted octanol–water partition coefficient (Wildman–Crippen LogP) is 3.79. The third kappa shape index (κ3) is 4.83. The minimum atomic E-state index is -0.0151. The molecule has 3 N–H and O–H groups in total. The standard InChI is InChI=1S/C20H22N6OS/c27-19(17-5-2-11-28-17)23-10-3-9-22-18-16(14-6-7-14)13-24-20(26-18)25-15-4-1-8-21-12-15/h1-2,4-5,8,11-14H,3,6-7,9-10H2,(H,23,27)(H2,22,24,25,26). The van der Waals surface area contributed by atoms with E-state index in [0.29, 0.717) is 18.4 Å². The van der Waals surface area contributed by atoms with E-state index >= 15 is 0 Å². The zero-order chi connectivity index (χ0) is 19.2. The van der Waals surface area contributed by atoms with E-state index < -0.39 is 0 Å². The zero-order valence-corrected chi connectivity index (χ0v) is 16.2. The molecule has 144 valence electrons. The summed E-state index contributed by atoms with van der Waals surface area (Å²) in [6.45, 7) is 1.35. The number of anilines is 3. The Labute approximate surface area is 167 Å². The van der Waals surface area contributed by atoms with Gasteiger partial charge in [0, 0.05) is 31.0 Å². The lowest BCUT2D eigenvalue weighted by atomic mass is 10.2. The molecular formula is C20H22N6OS. The van der Waals surface area contributed by atoms with Gasteiger partial charge in [-0.15, -0.1) is 11.3 Å². The quantitative estimate of drug-likeness (QED) is 0.478. The van der Waals surface area contributed by atoms with Gasteiger partial charge in [0.05, 0.1) is 16.8 Å². The van der Waals surface area contributed by atoms with E-state index in [4.69, 9.17) is 0 Å². The summed E-state index contributed by atoms with van der Waals surface area (Å²) in [4.78, 5) is 25.9. The molecule has 1 saturated carbocycles. The first kappa shape index (κ1) is 18.4. The summed E-state index contributed by atoms with van der Waals surface area (Å²) in [5.41, 5.74) is 2.02. The van der Waals surface area contributed by atoms with Gasteiger partial charge in [0.2, 0.25) is 5.95 Å². The Bertz CT molecular complexity index is 912. The molecule has 0 aromatic carbocycles. The topological polar surface area (TPSA) is 91.8 Å². The lowest BCUT2D eigenvalue weighted by Crippen LogP contribution is -2.25. The Morgan fingerprint density at radius 2 is 2.11 bits per heavy atom. The van der Waals surface area contributed by atoms with Crippen molar-refractivity contribution in [2.75, 3.05) is 23.7 Å². The summed E-state index contributed by atoms with van der Waals surface area (Å²) in [6, 6.07) is 7.50. The Kier molecular flexibility index (Phi) is 5.77. The average molecular weight is 395 g/mol. The van der Waals surface area contributed by atoms with Crippen molar-refractivity contribution in [2.45, 2.75) is 25.2 Å². The number of hydrogen-bond acceptors (Lipinski definition) is 7. The molecule has 28 heavy (non-hydrogen) atoms. The van der Waals surface area contributed by atoms with Crippen molar-refractivity contribution in [1.82, 2.24) is 20.3 Å². The molecule has 0 bridgehead atoms. The summed E-state index contributed by atoms with van der Waals surface area (Å²) < 4.78 is 0. The number of nitrogens with one attached hydrogen (secondary N) is 3. The molecule has 1 amide bonds. The van der Waals surface area contributed by atoms with E-state index in [0.717, 1.165) is 29.3 Å². The van der Waals surface area contributed by atoms with Crippen LogP contribution in [0.2, 0.25) is 0 Å². The monoisotopic (exact) mass is 394 g/mol. The van der Waals surface area contributed by atoms with Gasteiger partial charge in [-0.3, -0.25) is 9.78 Å². The highest BCUT2D eigenvalue weighted by atomic mass is 32.1. The van der Waals surface area contributed by atoms with Crippen LogP contribution in [0.4, 0.5) is 17.5 Å². The van der Waals surface area contributed by atoms with Crippen molar-refractivity contribution in [3.63, 3.8) is 0 Å². The normalized spacial score (nSPS) is 13.1. The third-order valence-corrected chi connectivity index (χ3v) is 5.30. The van der Waals surface area contributed by atoms with Gasteiger partial charge >= 0.3 is 0 Å². The number of carbonyl (C=O) groups excluding carboxylic acids is 1. The Morgan fingerprint density at radius 3 is 2.86 bits per heavy atom. The molecule has 0 aliphatic heterocycles. The summed E-state index contributed by atoms with van der Waals surface area (Å²) in [5.74, 6) is 1.95. The van der Waals surface area contributed by atoms with Crippen molar-refractivity contribution in [1.29, 1.82) is 0 Å². The highest BCUT2D eigenvalue weighted by Crippen LogP contribution is 2.42. The second-order valence-corrected chi connectivity index (χ2v) is 7.60. The van der Waals surface area contributed by atoms with Crippen LogP contribution in [0.25, 0.3) is 0 Å². The summed E-state index contributed by atoms with van der Waals surface area (Å²) in [5, 5.41) is 11.4. The van der Waals surface area contributed by atoms with Crippen LogP contribution in [0.3, 0.4) is 0 Å². The molecule has 1 aliphatic carbocycles. The number of amides is 1. The summed E-state index contributed by atoms with van der Waals surface area (Å²) >= 11 is 1.45. The third-order valence-electron chi connectivity index (χ3n) is 4.43. The Morgan fingerprint density at radius 1 is 1.18 bits per heavy atom. The van der Waals surface area contributed by atoms with Crippen LogP contribution in [0, 0.1) is 0 Å². The molecular weight excluding hydrogens is 372 g/mol. The smallest absolute Gasteiger partial charge is 0.261 e. The largest absolute Gasteiger partial charge is 0.370 e. The SMILES string of the molecule is O=C(NCCCNc1nc(Nc2cccnc2)ncc1C1CC1)c1cccs1. The number of carbonyl (C=O) groups is 1. The van der Waals surface area contributed by atoms with Crippen LogP contribution in [0.1, 0.15) is 40.4 Å². The van der Waals surface area contributed by atoms with E-state index in [1.165, 1.54) is 29.7 Å². The van der Waals surface area contributed by atoms with E-state index in [1.807, 2.05) is 35.8 Å². The van der Waals surface area contributed by atoms with Crippen molar-refractivity contribution in [3.8, 4) is 0 Å². The molecule has 4 rings (SSSR count). The molecule has 3 aromatic rings. The number of aromatic nitrogens is 3. The van der Waals surface area contributed by atoms with E-state index in [9.17, 15) is 4.79 Å². The summed E-state index contributed by atoms with van der Waals surface area (Å²) in [6.07, 6.45) is 8.56. The molecule has 0 unspecified atom stereocenters. The molecule has 8 heteroatoms. The van der Waals surface area contributed by atoms with E-state index in [2.05, 4.69) is 30.9 Å². The molecule has 3 aromatic heterocycles. The minimum Gasteiger partial charge on any atom is -0.370 e. The van der Waals surface area contributed by atoms with Gasteiger partial charge in [-0.05, 0) is 48.8 Å². The first-order valence-electron chi connectivity index (χ1n) is 9.39. The first-order chi connectivity index (χ1) is 13.8. The van der Waals surface area contributed by atoms with Crippen LogP contribution in [0.15, 0.2) is 48.2 Å². The van der Waals surface area contributed by atoms with Crippen LogP contribution < -0.4 is 16.0 Å². The fourth-order valence-corrected chi connectivity index (χ4v) is 3.48. The number of hydrogen-bond donors (Lipinski definition) is 3.